The summed E-state index contributed by atoms with van der Waals surface area (Å²) in [5.74, 6) is 2.08. The summed E-state index contributed by atoms with van der Waals surface area (Å²) in [5.41, 5.74) is 3.44. The lowest BCUT2D eigenvalue weighted by molar-refractivity contribution is -0.130. The Bertz CT molecular complexity index is 830. The minimum absolute atomic E-state index is 0.0577. The van der Waals surface area contributed by atoms with Crippen LogP contribution < -0.4 is 9.47 Å². The molecule has 1 unspecified atom stereocenters. The first-order valence-electron chi connectivity index (χ1n) is 9.57. The van der Waals surface area contributed by atoms with Gasteiger partial charge in [0.15, 0.2) is 11.5 Å². The molecule has 0 aliphatic carbocycles. The van der Waals surface area contributed by atoms with Crippen LogP contribution in [0.2, 0.25) is 0 Å². The van der Waals surface area contributed by atoms with Crippen LogP contribution in [0.4, 0.5) is 0 Å². The van der Waals surface area contributed by atoms with Gasteiger partial charge in [-0.2, -0.15) is 0 Å². The van der Waals surface area contributed by atoms with Gasteiger partial charge in [-0.15, -0.1) is 11.8 Å². The van der Waals surface area contributed by atoms with E-state index in [1.165, 1.54) is 5.56 Å². The fourth-order valence-corrected chi connectivity index (χ4v) is 4.29. The van der Waals surface area contributed by atoms with Gasteiger partial charge in [-0.3, -0.25) is 4.79 Å². The maximum absolute atomic E-state index is 13.2. The summed E-state index contributed by atoms with van der Waals surface area (Å²) in [6, 6.07) is 14.2. The van der Waals surface area contributed by atoms with E-state index in [9.17, 15) is 4.79 Å². The predicted molar refractivity (Wildman–Crippen MR) is 115 cm³/mol. The molecule has 28 heavy (non-hydrogen) atoms. The molecule has 0 spiro atoms. The van der Waals surface area contributed by atoms with Crippen LogP contribution in [0.3, 0.4) is 0 Å². The topological polar surface area (TPSA) is 38.8 Å². The maximum Gasteiger partial charge on any atom is 0.233 e. The quantitative estimate of drug-likeness (QED) is 0.730. The molecule has 1 aliphatic rings. The summed E-state index contributed by atoms with van der Waals surface area (Å²) in [5, 5.41) is 0. The minimum atomic E-state index is -0.113. The van der Waals surface area contributed by atoms with Crippen LogP contribution in [-0.4, -0.2) is 42.1 Å². The first kappa shape index (κ1) is 20.6. The second kappa shape index (κ2) is 8.48. The molecule has 4 nitrogen and oxygen atoms in total. The van der Waals surface area contributed by atoms with Gasteiger partial charge in [-0.05, 0) is 35.2 Å². The Morgan fingerprint density at radius 3 is 2.36 bits per heavy atom. The molecule has 1 amide bonds. The lowest BCUT2D eigenvalue weighted by Gasteiger charge is -2.38. The Kier molecular flexibility index (Phi) is 6.23. The zero-order valence-corrected chi connectivity index (χ0v) is 18.1. The van der Waals surface area contributed by atoms with Gasteiger partial charge in [-0.1, -0.05) is 51.1 Å². The highest BCUT2D eigenvalue weighted by Gasteiger charge is 2.33. The van der Waals surface area contributed by atoms with E-state index in [1.807, 2.05) is 29.2 Å². The van der Waals surface area contributed by atoms with Crippen LogP contribution in [0.15, 0.2) is 42.5 Å². The van der Waals surface area contributed by atoms with Crippen molar-refractivity contribution in [3.05, 3.63) is 59.2 Å². The number of hydrogen-bond donors (Lipinski definition) is 0. The Labute approximate surface area is 172 Å². The van der Waals surface area contributed by atoms with E-state index in [1.54, 1.807) is 26.0 Å². The standard InChI is InChI=1S/C23H29NO3S/c1-23(2,3)28-15-21(25)24-12-11-17-13-19(26-4)20(27-5)14-18(17)22(24)16-9-7-6-8-10-16/h6-10,13-14,22H,11-12,15H2,1-5H3. The third-order valence-electron chi connectivity index (χ3n) is 4.94. The third-order valence-corrected chi connectivity index (χ3v) is 6.20. The summed E-state index contributed by atoms with van der Waals surface area (Å²) in [6.45, 7) is 7.12. The van der Waals surface area contributed by atoms with Crippen molar-refractivity contribution in [2.24, 2.45) is 0 Å². The lowest BCUT2D eigenvalue weighted by atomic mass is 9.87. The molecule has 0 bridgehead atoms. The molecule has 3 rings (SSSR count). The summed E-state index contributed by atoms with van der Waals surface area (Å²) in [7, 11) is 3.30. The average molecular weight is 400 g/mol. The number of carbonyl (C=O) groups excluding carboxylic acids is 1. The van der Waals surface area contributed by atoms with Crippen LogP contribution in [0, 0.1) is 0 Å². The van der Waals surface area contributed by atoms with Crippen molar-refractivity contribution in [3.63, 3.8) is 0 Å². The molecule has 1 aliphatic heterocycles. The van der Waals surface area contributed by atoms with E-state index in [-0.39, 0.29) is 16.7 Å². The zero-order valence-electron chi connectivity index (χ0n) is 17.3. The monoisotopic (exact) mass is 399 g/mol. The Morgan fingerprint density at radius 2 is 1.75 bits per heavy atom. The molecule has 0 N–H and O–H groups in total. The summed E-state index contributed by atoms with van der Waals surface area (Å²) >= 11 is 1.69. The van der Waals surface area contributed by atoms with E-state index >= 15 is 0 Å². The van der Waals surface area contributed by atoms with E-state index in [4.69, 9.17) is 9.47 Å². The maximum atomic E-state index is 13.2. The number of benzene rings is 2. The number of fused-ring (bicyclic) bond motifs is 1. The largest absolute Gasteiger partial charge is 0.493 e. The van der Waals surface area contributed by atoms with Gasteiger partial charge < -0.3 is 14.4 Å². The van der Waals surface area contributed by atoms with Crippen LogP contribution in [0.5, 0.6) is 11.5 Å². The van der Waals surface area contributed by atoms with Gasteiger partial charge in [0.1, 0.15) is 0 Å². The van der Waals surface area contributed by atoms with Crippen molar-refractivity contribution in [1.82, 2.24) is 4.90 Å². The van der Waals surface area contributed by atoms with Crippen LogP contribution in [-0.2, 0) is 11.2 Å². The smallest absolute Gasteiger partial charge is 0.233 e. The lowest BCUT2D eigenvalue weighted by Crippen LogP contribution is -2.42. The van der Waals surface area contributed by atoms with Crippen molar-refractivity contribution in [2.75, 3.05) is 26.5 Å². The zero-order chi connectivity index (χ0) is 20.3. The molecule has 2 aromatic carbocycles. The highest BCUT2D eigenvalue weighted by molar-refractivity contribution is 8.01. The van der Waals surface area contributed by atoms with Gasteiger partial charge in [0.25, 0.3) is 0 Å². The molecular formula is C23H29NO3S. The van der Waals surface area contributed by atoms with Crippen LogP contribution in [0.25, 0.3) is 0 Å². The van der Waals surface area contributed by atoms with Gasteiger partial charge >= 0.3 is 0 Å². The number of ether oxygens (including phenoxy) is 2. The first-order chi connectivity index (χ1) is 13.3. The Hall–Kier alpha value is -2.14. The van der Waals surface area contributed by atoms with Gasteiger partial charge in [0.05, 0.1) is 26.0 Å². The highest BCUT2D eigenvalue weighted by Crippen LogP contribution is 2.41. The normalized spacial score (nSPS) is 16.5. The second-order valence-corrected chi connectivity index (χ2v) is 9.76. The van der Waals surface area contributed by atoms with Crippen LogP contribution >= 0.6 is 11.8 Å². The van der Waals surface area contributed by atoms with Gasteiger partial charge in [0.2, 0.25) is 5.91 Å². The summed E-state index contributed by atoms with van der Waals surface area (Å²) < 4.78 is 11.1. The third kappa shape index (κ3) is 4.46. The van der Waals surface area contributed by atoms with Crippen molar-refractivity contribution < 1.29 is 14.3 Å². The van der Waals surface area contributed by atoms with Gasteiger partial charge in [-0.25, -0.2) is 0 Å². The molecule has 0 saturated heterocycles. The van der Waals surface area contributed by atoms with E-state index in [2.05, 4.69) is 39.0 Å². The number of thioether (sulfide) groups is 1. The molecule has 0 fully saturated rings. The first-order valence-corrected chi connectivity index (χ1v) is 10.6. The molecule has 1 atom stereocenters. The fourth-order valence-electron chi connectivity index (χ4n) is 3.57. The minimum Gasteiger partial charge on any atom is -0.493 e. The Balaban J connectivity index is 2.02. The molecule has 0 radical (unpaired) electrons. The summed E-state index contributed by atoms with van der Waals surface area (Å²) in [6.07, 6.45) is 0.810. The molecular weight excluding hydrogens is 370 g/mol. The van der Waals surface area contributed by atoms with Crippen molar-refractivity contribution in [1.29, 1.82) is 0 Å². The molecule has 1 heterocycles. The molecule has 0 saturated carbocycles. The Morgan fingerprint density at radius 1 is 1.11 bits per heavy atom. The summed E-state index contributed by atoms with van der Waals surface area (Å²) in [4.78, 5) is 15.2. The van der Waals surface area contributed by atoms with Crippen molar-refractivity contribution >= 4 is 17.7 Å². The van der Waals surface area contributed by atoms with Crippen molar-refractivity contribution in [3.8, 4) is 11.5 Å². The van der Waals surface area contributed by atoms with E-state index in [0.717, 1.165) is 23.3 Å². The SMILES string of the molecule is COc1cc2c(cc1OC)C(c1ccccc1)N(C(=O)CSC(C)(C)C)CC2. The number of methoxy groups -OCH3 is 2. The van der Waals surface area contributed by atoms with Crippen molar-refractivity contribution in [2.45, 2.75) is 38.0 Å². The highest BCUT2D eigenvalue weighted by atomic mass is 32.2. The van der Waals surface area contributed by atoms with E-state index < -0.39 is 0 Å². The molecule has 5 heteroatoms. The second-order valence-electron chi connectivity index (χ2n) is 7.96. The average Bonchev–Trinajstić information content (AvgIpc) is 2.70. The van der Waals surface area contributed by atoms with Crippen LogP contribution in [0.1, 0.15) is 43.5 Å². The molecule has 150 valence electrons. The molecule has 0 aromatic heterocycles. The number of amides is 1. The predicted octanol–water partition coefficient (Wildman–Crippen LogP) is 4.71. The number of hydrogen-bond acceptors (Lipinski definition) is 4. The van der Waals surface area contributed by atoms with Gasteiger partial charge in [0, 0.05) is 11.3 Å². The molecule has 2 aromatic rings. The number of rotatable bonds is 5. The number of nitrogens with zero attached hydrogens (tertiary/aromatic N) is 1. The number of carbonyl (C=O) groups is 1. The van der Waals surface area contributed by atoms with E-state index in [0.29, 0.717) is 18.0 Å². The fraction of sp³-hybridized carbons (Fsp3) is 0.435.